The number of hydrogen-bond acceptors (Lipinski definition) is 4. The summed E-state index contributed by atoms with van der Waals surface area (Å²) in [5.41, 5.74) is -0.0383. The number of carbonyl (C=O) groups is 1. The Balaban J connectivity index is 2.22. The Hall–Kier alpha value is -2.11. The molecule has 1 saturated carbocycles. The second-order valence-electron chi connectivity index (χ2n) is 5.31. The van der Waals surface area contributed by atoms with Gasteiger partial charge in [0.1, 0.15) is 5.56 Å². The second kappa shape index (κ2) is 5.90. The highest BCUT2D eigenvalue weighted by atomic mass is 16.6. The van der Waals surface area contributed by atoms with Crippen molar-refractivity contribution in [3.05, 3.63) is 33.9 Å². The fourth-order valence-electron chi connectivity index (χ4n) is 2.70. The molecule has 6 heteroatoms. The lowest BCUT2D eigenvalue weighted by Crippen LogP contribution is -2.30. The summed E-state index contributed by atoms with van der Waals surface area (Å²) in [7, 11) is 0. The predicted molar refractivity (Wildman–Crippen MR) is 75.1 cm³/mol. The van der Waals surface area contributed by atoms with E-state index in [1.165, 1.54) is 18.6 Å². The maximum Gasteiger partial charge on any atom is 0.342 e. The molecule has 1 aliphatic carbocycles. The van der Waals surface area contributed by atoms with Crippen LogP contribution in [0.3, 0.4) is 0 Å². The third kappa shape index (κ3) is 3.07. The van der Waals surface area contributed by atoms with Gasteiger partial charge in [-0.25, -0.2) is 4.79 Å². The molecule has 1 fully saturated rings. The molecule has 2 rings (SSSR count). The third-order valence-corrected chi connectivity index (χ3v) is 3.89. The number of nitro benzene ring substituents is 1. The van der Waals surface area contributed by atoms with Crippen LogP contribution < -0.4 is 5.32 Å². The van der Waals surface area contributed by atoms with Gasteiger partial charge in [0.05, 0.1) is 4.92 Å². The summed E-state index contributed by atoms with van der Waals surface area (Å²) in [5.74, 6) is -0.767. The normalized spacial score (nSPS) is 22.2. The van der Waals surface area contributed by atoms with Crippen molar-refractivity contribution in [2.24, 2.45) is 5.92 Å². The summed E-state index contributed by atoms with van der Waals surface area (Å²) in [4.78, 5) is 21.3. The van der Waals surface area contributed by atoms with Gasteiger partial charge in [-0.3, -0.25) is 10.1 Å². The van der Waals surface area contributed by atoms with Gasteiger partial charge in [-0.2, -0.15) is 0 Å². The molecule has 0 heterocycles. The Morgan fingerprint density at radius 1 is 1.40 bits per heavy atom. The van der Waals surface area contributed by atoms with Crippen LogP contribution in [-0.4, -0.2) is 22.0 Å². The molecule has 2 N–H and O–H groups in total. The molecule has 1 aromatic carbocycles. The highest BCUT2D eigenvalue weighted by Gasteiger charge is 2.24. The highest BCUT2D eigenvalue weighted by Crippen LogP contribution is 2.29. The van der Waals surface area contributed by atoms with Gasteiger partial charge in [0.2, 0.25) is 0 Å². The lowest BCUT2D eigenvalue weighted by atomic mass is 9.86. The summed E-state index contributed by atoms with van der Waals surface area (Å²) in [6, 6.07) is 4.48. The molecule has 0 aromatic heterocycles. The number of anilines is 1. The third-order valence-electron chi connectivity index (χ3n) is 3.89. The average Bonchev–Trinajstić information content (AvgIpc) is 2.41. The van der Waals surface area contributed by atoms with Crippen molar-refractivity contribution in [3.63, 3.8) is 0 Å². The minimum absolute atomic E-state index is 0.280. The Morgan fingerprint density at radius 3 is 2.70 bits per heavy atom. The largest absolute Gasteiger partial charge is 0.477 e. The number of aromatic carboxylic acids is 1. The van der Waals surface area contributed by atoms with E-state index in [9.17, 15) is 14.9 Å². The number of nitrogens with zero attached hydrogens (tertiary/aromatic N) is 1. The van der Waals surface area contributed by atoms with Crippen molar-refractivity contribution in [1.29, 1.82) is 0 Å². The zero-order chi connectivity index (χ0) is 14.7. The first-order valence-electron chi connectivity index (χ1n) is 6.77. The van der Waals surface area contributed by atoms with Crippen molar-refractivity contribution in [2.75, 3.05) is 5.32 Å². The SMILES string of the molecule is CC1CCCCC1Nc1ccc(C(=O)O)c([N+](=O)[O-])c1. The van der Waals surface area contributed by atoms with Gasteiger partial charge in [0.25, 0.3) is 5.69 Å². The van der Waals surface area contributed by atoms with Gasteiger partial charge in [0, 0.05) is 17.8 Å². The van der Waals surface area contributed by atoms with Crippen molar-refractivity contribution in [1.82, 2.24) is 0 Å². The van der Waals surface area contributed by atoms with Crippen molar-refractivity contribution < 1.29 is 14.8 Å². The van der Waals surface area contributed by atoms with Crippen molar-refractivity contribution >= 4 is 17.3 Å². The van der Waals surface area contributed by atoms with Gasteiger partial charge >= 0.3 is 5.97 Å². The monoisotopic (exact) mass is 278 g/mol. The number of carboxylic acids is 1. The molecule has 2 unspecified atom stereocenters. The van der Waals surface area contributed by atoms with E-state index in [4.69, 9.17) is 5.11 Å². The molecule has 1 aromatic rings. The van der Waals surface area contributed by atoms with Crippen LogP contribution in [0.1, 0.15) is 43.0 Å². The van der Waals surface area contributed by atoms with Gasteiger partial charge in [-0.1, -0.05) is 19.8 Å². The van der Waals surface area contributed by atoms with Crippen LogP contribution in [-0.2, 0) is 0 Å². The van der Waals surface area contributed by atoms with Crippen LogP contribution in [0.5, 0.6) is 0 Å². The van der Waals surface area contributed by atoms with Gasteiger partial charge in [-0.05, 0) is 30.9 Å². The summed E-state index contributed by atoms with van der Waals surface area (Å²) < 4.78 is 0. The van der Waals surface area contributed by atoms with E-state index < -0.39 is 10.9 Å². The molecule has 0 radical (unpaired) electrons. The summed E-state index contributed by atoms with van der Waals surface area (Å²) in [6.07, 6.45) is 4.55. The molecule has 0 amide bonds. The molecule has 108 valence electrons. The predicted octanol–water partition coefficient (Wildman–Crippen LogP) is 3.28. The fourth-order valence-corrected chi connectivity index (χ4v) is 2.70. The Bertz CT molecular complexity index is 530. The first kappa shape index (κ1) is 14.3. The number of carboxylic acid groups (broad SMARTS) is 1. The lowest BCUT2D eigenvalue weighted by Gasteiger charge is -2.30. The molecule has 0 aliphatic heterocycles. The summed E-state index contributed by atoms with van der Waals surface area (Å²) in [6.45, 7) is 2.16. The van der Waals surface area contributed by atoms with Crippen LogP contribution in [0.25, 0.3) is 0 Å². The van der Waals surface area contributed by atoms with E-state index in [1.54, 1.807) is 6.07 Å². The zero-order valence-corrected chi connectivity index (χ0v) is 11.3. The first-order chi connectivity index (χ1) is 9.49. The van der Waals surface area contributed by atoms with Gasteiger partial charge in [0.15, 0.2) is 0 Å². The van der Waals surface area contributed by atoms with Crippen LogP contribution in [0.15, 0.2) is 18.2 Å². The van der Waals surface area contributed by atoms with Gasteiger partial charge in [-0.15, -0.1) is 0 Å². The average molecular weight is 278 g/mol. The maximum absolute atomic E-state index is 11.0. The Labute approximate surface area is 117 Å². The number of nitro groups is 1. The van der Waals surface area contributed by atoms with Crippen LogP contribution in [0.4, 0.5) is 11.4 Å². The lowest BCUT2D eigenvalue weighted by molar-refractivity contribution is -0.385. The smallest absolute Gasteiger partial charge is 0.342 e. The number of nitrogens with one attached hydrogen (secondary N) is 1. The molecule has 2 atom stereocenters. The molecule has 0 saturated heterocycles. The number of benzene rings is 1. The summed E-state index contributed by atoms with van der Waals surface area (Å²) >= 11 is 0. The van der Waals surface area contributed by atoms with E-state index in [2.05, 4.69) is 12.2 Å². The molecule has 0 bridgehead atoms. The Morgan fingerprint density at radius 2 is 2.10 bits per heavy atom. The summed E-state index contributed by atoms with van der Waals surface area (Å²) in [5, 5.41) is 23.2. The van der Waals surface area contributed by atoms with E-state index >= 15 is 0 Å². The minimum atomic E-state index is -1.28. The topological polar surface area (TPSA) is 92.5 Å². The Kier molecular flexibility index (Phi) is 4.22. The molecule has 0 spiro atoms. The standard InChI is InChI=1S/C14H18N2O4/c1-9-4-2-3-5-12(9)15-10-6-7-11(14(17)18)13(8-10)16(19)20/h6-9,12,15H,2-5H2,1H3,(H,17,18). The van der Waals surface area contributed by atoms with E-state index in [-0.39, 0.29) is 11.3 Å². The van der Waals surface area contributed by atoms with E-state index in [0.29, 0.717) is 17.6 Å². The minimum Gasteiger partial charge on any atom is -0.477 e. The molecular weight excluding hydrogens is 260 g/mol. The van der Waals surface area contributed by atoms with Gasteiger partial charge < -0.3 is 10.4 Å². The first-order valence-corrected chi connectivity index (χ1v) is 6.77. The molecule has 1 aliphatic rings. The maximum atomic E-state index is 11.0. The van der Waals surface area contributed by atoms with E-state index in [1.807, 2.05) is 0 Å². The van der Waals surface area contributed by atoms with Crippen molar-refractivity contribution in [3.8, 4) is 0 Å². The quantitative estimate of drug-likeness (QED) is 0.651. The fraction of sp³-hybridized carbons (Fsp3) is 0.500. The van der Waals surface area contributed by atoms with Crippen LogP contribution in [0.2, 0.25) is 0 Å². The van der Waals surface area contributed by atoms with Crippen LogP contribution >= 0.6 is 0 Å². The van der Waals surface area contributed by atoms with Crippen LogP contribution in [0, 0.1) is 16.0 Å². The molecule has 20 heavy (non-hydrogen) atoms. The zero-order valence-electron chi connectivity index (χ0n) is 11.3. The molecular formula is C14H18N2O4. The highest BCUT2D eigenvalue weighted by molar-refractivity contribution is 5.93. The second-order valence-corrected chi connectivity index (χ2v) is 5.31. The molecule has 6 nitrogen and oxygen atoms in total. The number of hydrogen-bond donors (Lipinski definition) is 2. The van der Waals surface area contributed by atoms with E-state index in [0.717, 1.165) is 19.3 Å². The van der Waals surface area contributed by atoms with Crippen molar-refractivity contribution in [2.45, 2.75) is 38.6 Å². The number of rotatable bonds is 4.